The van der Waals surface area contributed by atoms with E-state index in [1.54, 1.807) is 12.3 Å². The number of aryl methyl sites for hydroxylation is 1. The topological polar surface area (TPSA) is 42.4 Å². The summed E-state index contributed by atoms with van der Waals surface area (Å²) in [5.41, 5.74) is 2.14. The number of pyridine rings is 1. The SMILES string of the molecule is O=C(COc1ccnc2c1CCCC2)N1CCC(F)(F)CC1. The summed E-state index contributed by atoms with van der Waals surface area (Å²) in [5.74, 6) is -2.15. The zero-order valence-corrected chi connectivity index (χ0v) is 12.5. The lowest BCUT2D eigenvalue weighted by Crippen LogP contribution is -2.44. The van der Waals surface area contributed by atoms with Crippen LogP contribution < -0.4 is 4.74 Å². The largest absolute Gasteiger partial charge is 0.483 e. The highest BCUT2D eigenvalue weighted by atomic mass is 19.3. The number of likely N-dealkylation sites (tertiary alicyclic amines) is 1. The minimum absolute atomic E-state index is 0.0952. The molecule has 4 nitrogen and oxygen atoms in total. The number of rotatable bonds is 3. The zero-order chi connectivity index (χ0) is 15.6. The van der Waals surface area contributed by atoms with Crippen LogP contribution in [-0.2, 0) is 17.6 Å². The maximum Gasteiger partial charge on any atom is 0.260 e. The predicted molar refractivity (Wildman–Crippen MR) is 77.1 cm³/mol. The summed E-state index contributed by atoms with van der Waals surface area (Å²) in [6.45, 7) is 0.106. The van der Waals surface area contributed by atoms with Crippen LogP contribution in [0.4, 0.5) is 8.78 Å². The fraction of sp³-hybridized carbons (Fsp3) is 0.625. The number of hydrogen-bond acceptors (Lipinski definition) is 3. The highest BCUT2D eigenvalue weighted by Gasteiger charge is 2.35. The van der Waals surface area contributed by atoms with Gasteiger partial charge in [0.1, 0.15) is 5.75 Å². The normalized spacial score (nSPS) is 20.4. The fourth-order valence-electron chi connectivity index (χ4n) is 3.04. The summed E-state index contributed by atoms with van der Waals surface area (Å²) in [4.78, 5) is 17.9. The van der Waals surface area contributed by atoms with E-state index in [1.807, 2.05) is 0 Å². The zero-order valence-electron chi connectivity index (χ0n) is 12.5. The van der Waals surface area contributed by atoms with Crippen LogP contribution in [0.5, 0.6) is 5.75 Å². The van der Waals surface area contributed by atoms with Gasteiger partial charge in [-0.05, 0) is 31.7 Å². The van der Waals surface area contributed by atoms with Gasteiger partial charge >= 0.3 is 0 Å². The van der Waals surface area contributed by atoms with Crippen molar-refractivity contribution in [3.8, 4) is 5.75 Å². The van der Waals surface area contributed by atoms with Crippen LogP contribution in [0, 0.1) is 0 Å². The number of piperidine rings is 1. The fourth-order valence-corrected chi connectivity index (χ4v) is 3.04. The molecule has 6 heteroatoms. The highest BCUT2D eigenvalue weighted by Crippen LogP contribution is 2.29. The van der Waals surface area contributed by atoms with E-state index in [-0.39, 0.29) is 38.4 Å². The molecule has 2 heterocycles. The smallest absolute Gasteiger partial charge is 0.260 e. The Morgan fingerprint density at radius 1 is 1.27 bits per heavy atom. The lowest BCUT2D eigenvalue weighted by Gasteiger charge is -2.31. The number of nitrogens with zero attached hydrogens (tertiary/aromatic N) is 2. The molecular formula is C16H20F2N2O2. The average Bonchev–Trinajstić information content (AvgIpc) is 2.52. The van der Waals surface area contributed by atoms with Crippen molar-refractivity contribution in [2.24, 2.45) is 0 Å². The van der Waals surface area contributed by atoms with Gasteiger partial charge in [0.25, 0.3) is 11.8 Å². The number of alkyl halides is 2. The molecule has 0 aromatic carbocycles. The number of carbonyl (C=O) groups excluding carboxylic acids is 1. The van der Waals surface area contributed by atoms with Gasteiger partial charge < -0.3 is 9.64 Å². The van der Waals surface area contributed by atoms with E-state index in [0.717, 1.165) is 36.9 Å². The first kappa shape index (κ1) is 15.2. The van der Waals surface area contributed by atoms with Gasteiger partial charge in [0.2, 0.25) is 0 Å². The van der Waals surface area contributed by atoms with E-state index < -0.39 is 5.92 Å². The van der Waals surface area contributed by atoms with E-state index in [1.165, 1.54) is 4.90 Å². The number of halogens is 2. The monoisotopic (exact) mass is 310 g/mol. The second-order valence-corrected chi connectivity index (χ2v) is 5.97. The van der Waals surface area contributed by atoms with E-state index in [4.69, 9.17) is 4.74 Å². The molecule has 120 valence electrons. The maximum atomic E-state index is 13.1. The van der Waals surface area contributed by atoms with Crippen LogP contribution in [0.3, 0.4) is 0 Å². The van der Waals surface area contributed by atoms with Crippen molar-refractivity contribution >= 4 is 5.91 Å². The van der Waals surface area contributed by atoms with E-state index in [9.17, 15) is 13.6 Å². The molecule has 1 aliphatic heterocycles. The van der Waals surface area contributed by atoms with Gasteiger partial charge in [0.15, 0.2) is 6.61 Å². The summed E-state index contributed by atoms with van der Waals surface area (Å²) in [7, 11) is 0. The van der Waals surface area contributed by atoms with Crippen molar-refractivity contribution in [2.45, 2.75) is 44.4 Å². The molecule has 0 spiro atoms. The Kier molecular flexibility index (Phi) is 4.27. The predicted octanol–water partition coefficient (Wildman–Crippen LogP) is 2.60. The van der Waals surface area contributed by atoms with Gasteiger partial charge in [0, 0.05) is 43.4 Å². The quantitative estimate of drug-likeness (QED) is 0.862. The molecule has 22 heavy (non-hydrogen) atoms. The van der Waals surface area contributed by atoms with E-state index in [2.05, 4.69) is 4.98 Å². The van der Waals surface area contributed by atoms with E-state index >= 15 is 0 Å². The molecular weight excluding hydrogens is 290 g/mol. The third kappa shape index (κ3) is 3.36. The minimum Gasteiger partial charge on any atom is -0.483 e. The minimum atomic E-state index is -2.64. The Balaban J connectivity index is 1.58. The number of ether oxygens (including phenoxy) is 1. The third-order valence-electron chi connectivity index (χ3n) is 4.39. The lowest BCUT2D eigenvalue weighted by atomic mass is 9.95. The highest BCUT2D eigenvalue weighted by molar-refractivity contribution is 5.78. The molecule has 1 fully saturated rings. The van der Waals surface area contributed by atoms with Crippen molar-refractivity contribution in [2.75, 3.05) is 19.7 Å². The molecule has 0 atom stereocenters. The summed E-state index contributed by atoms with van der Waals surface area (Å²) in [6, 6.07) is 1.78. The van der Waals surface area contributed by atoms with Gasteiger partial charge in [0.05, 0.1) is 0 Å². The lowest BCUT2D eigenvalue weighted by molar-refractivity contribution is -0.139. The van der Waals surface area contributed by atoms with Crippen LogP contribution >= 0.6 is 0 Å². The van der Waals surface area contributed by atoms with Crippen molar-refractivity contribution in [3.05, 3.63) is 23.5 Å². The van der Waals surface area contributed by atoms with Gasteiger partial charge in [-0.1, -0.05) is 0 Å². The van der Waals surface area contributed by atoms with E-state index in [0.29, 0.717) is 5.75 Å². The molecule has 0 N–H and O–H groups in total. The molecule has 0 radical (unpaired) electrons. The summed E-state index contributed by atoms with van der Waals surface area (Å²) >= 11 is 0. The molecule has 0 unspecified atom stereocenters. The number of fused-ring (bicyclic) bond motifs is 1. The standard InChI is InChI=1S/C16H20F2N2O2/c17-16(18)6-9-20(10-7-16)15(21)11-22-14-5-8-19-13-4-2-1-3-12(13)14/h5,8H,1-4,6-7,9-11H2. The third-order valence-corrected chi connectivity index (χ3v) is 4.39. The number of hydrogen-bond donors (Lipinski definition) is 0. The van der Waals surface area contributed by atoms with Crippen molar-refractivity contribution in [1.82, 2.24) is 9.88 Å². The van der Waals surface area contributed by atoms with Crippen LogP contribution in [0.15, 0.2) is 12.3 Å². The second kappa shape index (κ2) is 6.18. The summed E-state index contributed by atoms with van der Waals surface area (Å²) < 4.78 is 31.9. The van der Waals surface area contributed by atoms with Crippen LogP contribution in [0.25, 0.3) is 0 Å². The van der Waals surface area contributed by atoms with Gasteiger partial charge in [-0.2, -0.15) is 0 Å². The molecule has 0 bridgehead atoms. The van der Waals surface area contributed by atoms with Gasteiger partial charge in [-0.15, -0.1) is 0 Å². The Morgan fingerprint density at radius 2 is 2.00 bits per heavy atom. The first-order valence-corrected chi connectivity index (χ1v) is 7.80. The van der Waals surface area contributed by atoms with Crippen LogP contribution in [-0.4, -0.2) is 41.4 Å². The van der Waals surface area contributed by atoms with Gasteiger partial charge in [-0.3, -0.25) is 9.78 Å². The van der Waals surface area contributed by atoms with Crippen LogP contribution in [0.2, 0.25) is 0 Å². The maximum absolute atomic E-state index is 13.1. The second-order valence-electron chi connectivity index (χ2n) is 5.97. The summed E-state index contributed by atoms with van der Waals surface area (Å²) in [5, 5.41) is 0. The Labute approximate surface area is 128 Å². The number of amides is 1. The van der Waals surface area contributed by atoms with Crippen molar-refractivity contribution in [3.63, 3.8) is 0 Å². The Bertz CT molecular complexity index is 553. The molecule has 1 aliphatic carbocycles. The van der Waals surface area contributed by atoms with Crippen LogP contribution in [0.1, 0.15) is 36.9 Å². The Hall–Kier alpha value is -1.72. The van der Waals surface area contributed by atoms with Crippen molar-refractivity contribution < 1.29 is 18.3 Å². The molecule has 1 amide bonds. The van der Waals surface area contributed by atoms with Gasteiger partial charge in [-0.25, -0.2) is 8.78 Å². The first-order valence-electron chi connectivity index (χ1n) is 7.80. The number of aromatic nitrogens is 1. The summed E-state index contributed by atoms with van der Waals surface area (Å²) in [6.07, 6.45) is 5.27. The molecule has 1 aromatic heterocycles. The van der Waals surface area contributed by atoms with Crippen molar-refractivity contribution in [1.29, 1.82) is 0 Å². The Morgan fingerprint density at radius 3 is 2.77 bits per heavy atom. The molecule has 3 rings (SSSR count). The molecule has 0 saturated carbocycles. The average molecular weight is 310 g/mol. The number of carbonyl (C=O) groups is 1. The molecule has 1 saturated heterocycles. The molecule has 2 aliphatic rings. The first-order chi connectivity index (χ1) is 10.6. The molecule has 1 aromatic rings.